The highest BCUT2D eigenvalue weighted by molar-refractivity contribution is 7.93. The van der Waals surface area contributed by atoms with Gasteiger partial charge >= 0.3 is 5.97 Å². The van der Waals surface area contributed by atoms with Crippen molar-refractivity contribution in [2.75, 3.05) is 16.6 Å². The predicted octanol–water partition coefficient (Wildman–Crippen LogP) is 1.00. The number of carbonyl (C=O) groups is 1. The van der Waals surface area contributed by atoms with E-state index >= 15 is 0 Å². The standard InChI is InChI=1S/C15H22N2O6S2/c1-11(2)10-14(15(18)19)16-25(22,23)13-6-4-12(5-7-13)17-8-3-9-24(17,20)21/h4-7,11,14,16H,3,8-10H2,1-2H3,(H,18,19). The number of sulfonamides is 2. The van der Waals surface area contributed by atoms with Crippen LogP contribution in [0.2, 0.25) is 0 Å². The molecule has 1 heterocycles. The molecule has 25 heavy (non-hydrogen) atoms. The second-order valence-corrected chi connectivity index (χ2v) is 10.1. The quantitative estimate of drug-likeness (QED) is 0.717. The zero-order valence-corrected chi connectivity index (χ0v) is 15.7. The molecule has 0 aromatic heterocycles. The van der Waals surface area contributed by atoms with Gasteiger partial charge in [-0.05, 0) is 43.0 Å². The summed E-state index contributed by atoms with van der Waals surface area (Å²) >= 11 is 0. The Kier molecular flexibility index (Phi) is 5.75. The third kappa shape index (κ3) is 4.71. The summed E-state index contributed by atoms with van der Waals surface area (Å²) in [5.74, 6) is -1.16. The fraction of sp³-hybridized carbons (Fsp3) is 0.533. The second-order valence-electron chi connectivity index (χ2n) is 6.38. The number of hydrogen-bond donors (Lipinski definition) is 2. The molecule has 2 rings (SSSR count). The summed E-state index contributed by atoms with van der Waals surface area (Å²) in [5.41, 5.74) is 0.397. The molecule has 2 N–H and O–H groups in total. The average Bonchev–Trinajstić information content (AvgIpc) is 2.85. The Morgan fingerprint density at radius 2 is 1.88 bits per heavy atom. The second kappa shape index (κ2) is 7.30. The first kappa shape index (κ1) is 19.7. The molecule has 8 nitrogen and oxygen atoms in total. The maximum absolute atomic E-state index is 12.4. The van der Waals surface area contributed by atoms with Crippen molar-refractivity contribution < 1.29 is 26.7 Å². The van der Waals surface area contributed by atoms with Gasteiger partial charge in [0.05, 0.1) is 16.3 Å². The lowest BCUT2D eigenvalue weighted by Gasteiger charge is -2.18. The Morgan fingerprint density at radius 3 is 2.32 bits per heavy atom. The van der Waals surface area contributed by atoms with Crippen molar-refractivity contribution in [3.05, 3.63) is 24.3 Å². The molecule has 0 bridgehead atoms. The van der Waals surface area contributed by atoms with E-state index in [2.05, 4.69) is 4.72 Å². The number of aliphatic carboxylic acids is 1. The summed E-state index contributed by atoms with van der Waals surface area (Å²) in [4.78, 5) is 11.1. The lowest BCUT2D eigenvalue weighted by molar-refractivity contribution is -0.139. The van der Waals surface area contributed by atoms with Gasteiger partial charge in [-0.15, -0.1) is 0 Å². The van der Waals surface area contributed by atoms with Crippen LogP contribution in [0.4, 0.5) is 5.69 Å². The van der Waals surface area contributed by atoms with E-state index in [9.17, 15) is 26.7 Å². The van der Waals surface area contributed by atoms with Gasteiger partial charge in [-0.3, -0.25) is 9.10 Å². The van der Waals surface area contributed by atoms with Gasteiger partial charge in [-0.25, -0.2) is 16.8 Å². The fourth-order valence-corrected chi connectivity index (χ4v) is 5.41. The van der Waals surface area contributed by atoms with Crippen LogP contribution in [0.5, 0.6) is 0 Å². The number of anilines is 1. The molecule has 0 radical (unpaired) electrons. The minimum Gasteiger partial charge on any atom is -0.480 e. The Balaban J connectivity index is 2.21. The van der Waals surface area contributed by atoms with Gasteiger partial charge in [0.15, 0.2) is 0 Å². The third-order valence-electron chi connectivity index (χ3n) is 3.84. The summed E-state index contributed by atoms with van der Waals surface area (Å²) < 4.78 is 52.0. The summed E-state index contributed by atoms with van der Waals surface area (Å²) in [6, 6.07) is 4.16. The minimum atomic E-state index is -4.02. The summed E-state index contributed by atoms with van der Waals surface area (Å²) in [5, 5.41) is 9.18. The monoisotopic (exact) mass is 390 g/mol. The number of rotatable bonds is 7. The van der Waals surface area contributed by atoms with Crippen molar-refractivity contribution in [3.8, 4) is 0 Å². The molecule has 1 aliphatic rings. The van der Waals surface area contributed by atoms with Crippen LogP contribution in [0.3, 0.4) is 0 Å². The fourth-order valence-electron chi connectivity index (χ4n) is 2.65. The van der Waals surface area contributed by atoms with Gasteiger partial charge in [0.1, 0.15) is 6.04 Å². The Labute approximate surface area is 147 Å². The van der Waals surface area contributed by atoms with Crippen molar-refractivity contribution in [2.24, 2.45) is 5.92 Å². The highest BCUT2D eigenvalue weighted by Gasteiger charge is 2.29. The molecule has 1 aliphatic heterocycles. The lowest BCUT2D eigenvalue weighted by atomic mass is 10.1. The number of nitrogens with one attached hydrogen (secondary N) is 1. The molecule has 0 aliphatic carbocycles. The number of carboxylic acid groups (broad SMARTS) is 1. The van der Waals surface area contributed by atoms with E-state index in [0.717, 1.165) is 0 Å². The first-order valence-corrected chi connectivity index (χ1v) is 11.0. The summed E-state index contributed by atoms with van der Waals surface area (Å²) in [6.45, 7) is 3.97. The van der Waals surface area contributed by atoms with E-state index in [0.29, 0.717) is 18.7 Å². The largest absolute Gasteiger partial charge is 0.480 e. The maximum Gasteiger partial charge on any atom is 0.321 e. The zero-order chi connectivity index (χ0) is 18.8. The zero-order valence-electron chi connectivity index (χ0n) is 14.0. The third-order valence-corrected chi connectivity index (χ3v) is 7.19. The Morgan fingerprint density at radius 1 is 1.28 bits per heavy atom. The van der Waals surface area contributed by atoms with E-state index in [-0.39, 0.29) is 23.0 Å². The normalized spacial score (nSPS) is 18.4. The van der Waals surface area contributed by atoms with E-state index in [1.165, 1.54) is 28.6 Å². The van der Waals surface area contributed by atoms with E-state index < -0.39 is 32.1 Å². The van der Waals surface area contributed by atoms with Crippen LogP contribution in [0.1, 0.15) is 26.7 Å². The van der Waals surface area contributed by atoms with E-state index in [1.807, 2.05) is 0 Å². The number of benzene rings is 1. The lowest BCUT2D eigenvalue weighted by Crippen LogP contribution is -2.41. The van der Waals surface area contributed by atoms with Crippen LogP contribution < -0.4 is 9.03 Å². The highest BCUT2D eigenvalue weighted by Crippen LogP contribution is 2.25. The van der Waals surface area contributed by atoms with Gasteiger partial charge in [0.25, 0.3) is 0 Å². The van der Waals surface area contributed by atoms with Gasteiger partial charge in [0.2, 0.25) is 20.0 Å². The number of nitrogens with zero attached hydrogens (tertiary/aromatic N) is 1. The minimum absolute atomic E-state index is 0.00606. The molecule has 1 aromatic carbocycles. The van der Waals surface area contributed by atoms with Crippen LogP contribution in [0, 0.1) is 5.92 Å². The molecule has 1 fully saturated rings. The van der Waals surface area contributed by atoms with Crippen LogP contribution in [0.15, 0.2) is 29.2 Å². The number of carboxylic acids is 1. The SMILES string of the molecule is CC(C)CC(NS(=O)(=O)c1ccc(N2CCCS2(=O)=O)cc1)C(=O)O. The predicted molar refractivity (Wildman–Crippen MR) is 93.4 cm³/mol. The maximum atomic E-state index is 12.4. The molecule has 1 atom stereocenters. The first-order chi connectivity index (χ1) is 11.5. The van der Waals surface area contributed by atoms with Crippen LogP contribution >= 0.6 is 0 Å². The van der Waals surface area contributed by atoms with Gasteiger partial charge in [-0.2, -0.15) is 4.72 Å². The molecule has 10 heteroatoms. The molecular formula is C15H22N2O6S2. The molecule has 1 saturated heterocycles. The van der Waals surface area contributed by atoms with Crippen LogP contribution in [-0.2, 0) is 24.8 Å². The van der Waals surface area contributed by atoms with E-state index in [1.54, 1.807) is 13.8 Å². The average molecular weight is 390 g/mol. The van der Waals surface area contributed by atoms with Crippen LogP contribution in [-0.4, -0.2) is 46.3 Å². The molecular weight excluding hydrogens is 368 g/mol. The van der Waals surface area contributed by atoms with Gasteiger partial charge in [0, 0.05) is 6.54 Å². The van der Waals surface area contributed by atoms with Crippen molar-refractivity contribution in [1.29, 1.82) is 0 Å². The van der Waals surface area contributed by atoms with Crippen molar-refractivity contribution in [2.45, 2.75) is 37.6 Å². The van der Waals surface area contributed by atoms with Gasteiger partial charge in [-0.1, -0.05) is 13.8 Å². The van der Waals surface area contributed by atoms with Gasteiger partial charge < -0.3 is 5.11 Å². The smallest absolute Gasteiger partial charge is 0.321 e. The van der Waals surface area contributed by atoms with Crippen LogP contribution in [0.25, 0.3) is 0 Å². The van der Waals surface area contributed by atoms with Crippen molar-refractivity contribution in [1.82, 2.24) is 4.72 Å². The highest BCUT2D eigenvalue weighted by atomic mass is 32.2. The van der Waals surface area contributed by atoms with E-state index in [4.69, 9.17) is 0 Å². The Bertz CT molecular complexity index is 831. The first-order valence-electron chi connectivity index (χ1n) is 7.88. The molecule has 140 valence electrons. The topological polar surface area (TPSA) is 121 Å². The summed E-state index contributed by atoms with van der Waals surface area (Å²) in [7, 11) is -7.36. The van der Waals surface area contributed by atoms with Crippen molar-refractivity contribution in [3.63, 3.8) is 0 Å². The summed E-state index contributed by atoms with van der Waals surface area (Å²) in [6.07, 6.45) is 0.693. The molecule has 1 unspecified atom stereocenters. The number of hydrogen-bond acceptors (Lipinski definition) is 5. The molecule has 0 spiro atoms. The van der Waals surface area contributed by atoms with Crippen molar-refractivity contribution >= 4 is 31.7 Å². The molecule has 0 saturated carbocycles. The molecule has 1 aromatic rings. The Hall–Kier alpha value is -1.65. The molecule has 0 amide bonds.